The number of nitrogens with zero attached hydrogens (tertiary/aromatic N) is 2. The molecule has 3 rings (SSSR count). The van der Waals surface area contributed by atoms with Gasteiger partial charge >= 0.3 is 0 Å². The van der Waals surface area contributed by atoms with Gasteiger partial charge in [0.15, 0.2) is 0 Å². The van der Waals surface area contributed by atoms with Crippen LogP contribution >= 0.6 is 0 Å². The van der Waals surface area contributed by atoms with Gasteiger partial charge < -0.3 is 10.2 Å². The molecule has 0 bridgehead atoms. The van der Waals surface area contributed by atoms with Crippen LogP contribution in [0.5, 0.6) is 0 Å². The first-order valence-electron chi connectivity index (χ1n) is 13.2. The Kier molecular flexibility index (Phi) is 9.92. The molecule has 0 aromatic heterocycles. The molecule has 0 saturated heterocycles. The Morgan fingerprint density at radius 1 is 0.872 bits per heavy atom. The molecule has 208 valence electrons. The second kappa shape index (κ2) is 12.9. The summed E-state index contributed by atoms with van der Waals surface area (Å²) in [6.45, 7) is 11.0. The van der Waals surface area contributed by atoms with E-state index in [4.69, 9.17) is 0 Å². The molecule has 0 heterocycles. The zero-order valence-electron chi connectivity index (χ0n) is 23.6. The molecular formula is C31H39N3O4S. The average molecular weight is 550 g/mol. The first kappa shape index (κ1) is 29.9. The van der Waals surface area contributed by atoms with Crippen LogP contribution in [-0.4, -0.2) is 43.8 Å². The standard InChI is InChI=1S/C31H39N3O4S/c1-7-28(31(36)32-22(2)3)33(20-26-11-9-8-10-12-26)30(35)21-34(29-18-15-24(5)19-25(29)6)39(37,38)27-16-13-23(4)14-17-27/h8-19,22,28H,7,20-21H2,1-6H3,(H,32,36). The van der Waals surface area contributed by atoms with E-state index in [1.807, 2.05) is 84.0 Å². The fourth-order valence-corrected chi connectivity index (χ4v) is 6.00. The molecular weight excluding hydrogens is 510 g/mol. The van der Waals surface area contributed by atoms with Crippen LogP contribution in [-0.2, 0) is 26.2 Å². The average Bonchev–Trinajstić information content (AvgIpc) is 2.88. The van der Waals surface area contributed by atoms with E-state index in [1.54, 1.807) is 30.3 Å². The van der Waals surface area contributed by atoms with E-state index in [1.165, 1.54) is 9.21 Å². The number of hydrogen-bond donors (Lipinski definition) is 1. The van der Waals surface area contributed by atoms with Crippen molar-refractivity contribution < 1.29 is 18.0 Å². The van der Waals surface area contributed by atoms with Gasteiger partial charge in [-0.3, -0.25) is 13.9 Å². The summed E-state index contributed by atoms with van der Waals surface area (Å²) < 4.78 is 29.2. The van der Waals surface area contributed by atoms with E-state index in [2.05, 4.69) is 5.32 Å². The van der Waals surface area contributed by atoms with Gasteiger partial charge in [-0.2, -0.15) is 0 Å². The molecule has 0 fully saturated rings. The number of aryl methyl sites for hydroxylation is 3. The minimum absolute atomic E-state index is 0.0973. The number of benzene rings is 3. The smallest absolute Gasteiger partial charge is 0.264 e. The summed E-state index contributed by atoms with van der Waals surface area (Å²) in [5.41, 5.74) is 3.92. The van der Waals surface area contributed by atoms with Gasteiger partial charge in [-0.15, -0.1) is 0 Å². The topological polar surface area (TPSA) is 86.8 Å². The Bertz CT molecular complexity index is 1390. The summed E-state index contributed by atoms with van der Waals surface area (Å²) in [5, 5.41) is 2.91. The van der Waals surface area contributed by atoms with Crippen LogP contribution in [0.2, 0.25) is 0 Å². The molecule has 0 aliphatic rings. The highest BCUT2D eigenvalue weighted by molar-refractivity contribution is 7.92. The zero-order valence-corrected chi connectivity index (χ0v) is 24.5. The van der Waals surface area contributed by atoms with Gasteiger partial charge in [0.1, 0.15) is 12.6 Å². The number of hydrogen-bond acceptors (Lipinski definition) is 4. The predicted octanol–water partition coefficient (Wildman–Crippen LogP) is 5.14. The fraction of sp³-hybridized carbons (Fsp3) is 0.355. The van der Waals surface area contributed by atoms with Crippen molar-refractivity contribution in [1.29, 1.82) is 0 Å². The van der Waals surface area contributed by atoms with Gasteiger partial charge in [-0.05, 0) is 70.4 Å². The normalized spacial score (nSPS) is 12.2. The van der Waals surface area contributed by atoms with Gasteiger partial charge in [-0.1, -0.05) is 72.6 Å². The third-order valence-electron chi connectivity index (χ3n) is 6.52. The molecule has 0 spiro atoms. The lowest BCUT2D eigenvalue weighted by molar-refractivity contribution is -0.140. The SMILES string of the molecule is CCC(C(=O)NC(C)C)N(Cc1ccccc1)C(=O)CN(c1ccc(C)cc1C)S(=O)(=O)c1ccc(C)cc1. The fourth-order valence-electron chi connectivity index (χ4n) is 4.52. The molecule has 0 saturated carbocycles. The molecule has 8 heteroatoms. The highest BCUT2D eigenvalue weighted by Crippen LogP contribution is 2.28. The third kappa shape index (κ3) is 7.47. The maximum absolute atomic E-state index is 14.1. The van der Waals surface area contributed by atoms with Crippen LogP contribution in [0.4, 0.5) is 5.69 Å². The van der Waals surface area contributed by atoms with Gasteiger partial charge in [0.2, 0.25) is 11.8 Å². The Hall–Kier alpha value is -3.65. The van der Waals surface area contributed by atoms with Crippen molar-refractivity contribution in [3.8, 4) is 0 Å². The molecule has 3 aromatic rings. The van der Waals surface area contributed by atoms with Crippen LogP contribution < -0.4 is 9.62 Å². The minimum Gasteiger partial charge on any atom is -0.352 e. The maximum Gasteiger partial charge on any atom is 0.264 e. The van der Waals surface area contributed by atoms with Crippen molar-refractivity contribution in [3.05, 3.63) is 95.1 Å². The second-order valence-electron chi connectivity index (χ2n) is 10.2. The van der Waals surface area contributed by atoms with Crippen molar-refractivity contribution in [2.24, 2.45) is 0 Å². The first-order valence-corrected chi connectivity index (χ1v) is 14.7. The molecule has 0 aliphatic heterocycles. The van der Waals surface area contributed by atoms with Crippen molar-refractivity contribution >= 4 is 27.5 Å². The lowest BCUT2D eigenvalue weighted by atomic mass is 10.1. The van der Waals surface area contributed by atoms with Gasteiger partial charge in [0.25, 0.3) is 10.0 Å². The van der Waals surface area contributed by atoms with Crippen LogP contribution in [0.15, 0.2) is 77.7 Å². The molecule has 0 radical (unpaired) electrons. The van der Waals surface area contributed by atoms with E-state index in [0.717, 1.165) is 22.3 Å². The largest absolute Gasteiger partial charge is 0.352 e. The van der Waals surface area contributed by atoms with Crippen LogP contribution in [0, 0.1) is 20.8 Å². The number of anilines is 1. The minimum atomic E-state index is -4.09. The van der Waals surface area contributed by atoms with E-state index < -0.39 is 28.5 Å². The van der Waals surface area contributed by atoms with Crippen LogP contribution in [0.25, 0.3) is 0 Å². The predicted molar refractivity (Wildman–Crippen MR) is 156 cm³/mol. The highest BCUT2D eigenvalue weighted by Gasteiger charge is 2.34. The first-order chi connectivity index (χ1) is 18.4. The molecule has 3 aromatic carbocycles. The molecule has 39 heavy (non-hydrogen) atoms. The molecule has 1 atom stereocenters. The lowest BCUT2D eigenvalue weighted by Gasteiger charge is -2.34. The number of nitrogens with one attached hydrogen (secondary N) is 1. The zero-order chi connectivity index (χ0) is 28.7. The number of carbonyl (C=O) groups is 2. The molecule has 0 aliphatic carbocycles. The molecule has 1 unspecified atom stereocenters. The van der Waals surface area contributed by atoms with Crippen molar-refractivity contribution in [2.45, 2.75) is 71.5 Å². The van der Waals surface area contributed by atoms with E-state index in [-0.39, 0.29) is 23.4 Å². The Morgan fingerprint density at radius 3 is 2.05 bits per heavy atom. The summed E-state index contributed by atoms with van der Waals surface area (Å²) in [6, 6.07) is 20.6. The summed E-state index contributed by atoms with van der Waals surface area (Å²) >= 11 is 0. The van der Waals surface area contributed by atoms with Crippen LogP contribution in [0.3, 0.4) is 0 Å². The monoisotopic (exact) mass is 549 g/mol. The second-order valence-corrected chi connectivity index (χ2v) is 12.1. The Balaban J connectivity index is 2.08. The summed E-state index contributed by atoms with van der Waals surface area (Å²) in [4.78, 5) is 28.8. The van der Waals surface area contributed by atoms with Gasteiger partial charge in [-0.25, -0.2) is 8.42 Å². The summed E-state index contributed by atoms with van der Waals surface area (Å²) in [5.74, 6) is -0.725. The number of rotatable bonds is 11. The maximum atomic E-state index is 14.1. The molecule has 1 N–H and O–H groups in total. The van der Waals surface area contributed by atoms with Gasteiger partial charge in [0.05, 0.1) is 10.6 Å². The number of amides is 2. The highest BCUT2D eigenvalue weighted by atomic mass is 32.2. The Labute approximate surface area is 232 Å². The van der Waals surface area contributed by atoms with Gasteiger partial charge in [0, 0.05) is 12.6 Å². The summed E-state index contributed by atoms with van der Waals surface area (Å²) in [7, 11) is -4.09. The molecule has 7 nitrogen and oxygen atoms in total. The number of sulfonamides is 1. The summed E-state index contributed by atoms with van der Waals surface area (Å²) in [6.07, 6.45) is 0.380. The van der Waals surface area contributed by atoms with Crippen molar-refractivity contribution in [1.82, 2.24) is 10.2 Å². The van der Waals surface area contributed by atoms with Crippen molar-refractivity contribution in [3.63, 3.8) is 0 Å². The lowest BCUT2D eigenvalue weighted by Crippen LogP contribution is -2.53. The number of carbonyl (C=O) groups excluding carboxylic acids is 2. The van der Waals surface area contributed by atoms with E-state index in [9.17, 15) is 18.0 Å². The third-order valence-corrected chi connectivity index (χ3v) is 8.30. The Morgan fingerprint density at radius 2 is 1.49 bits per heavy atom. The quantitative estimate of drug-likeness (QED) is 0.359. The van der Waals surface area contributed by atoms with Crippen molar-refractivity contribution in [2.75, 3.05) is 10.8 Å². The van der Waals surface area contributed by atoms with Crippen LogP contribution in [0.1, 0.15) is 49.4 Å². The van der Waals surface area contributed by atoms with E-state index in [0.29, 0.717) is 12.1 Å². The van der Waals surface area contributed by atoms with E-state index >= 15 is 0 Å². The molecule has 2 amide bonds.